The minimum atomic E-state index is -0.472. The van der Waals surface area contributed by atoms with Gasteiger partial charge in [0.15, 0.2) is 11.5 Å². The average molecular weight is 631 g/mol. The zero-order valence-corrected chi connectivity index (χ0v) is 27.0. The van der Waals surface area contributed by atoms with Gasteiger partial charge in [0.25, 0.3) is 0 Å². The summed E-state index contributed by atoms with van der Waals surface area (Å²) in [5, 5.41) is 7.51. The maximum Gasteiger partial charge on any atom is 0.323 e. The molecule has 2 amide bonds. The maximum absolute atomic E-state index is 13.5. The van der Waals surface area contributed by atoms with E-state index in [1.165, 1.54) is 7.11 Å². The molecule has 1 aliphatic rings. The number of hydrogen-bond acceptors (Lipinski definition) is 7. The van der Waals surface area contributed by atoms with Crippen molar-refractivity contribution in [2.45, 2.75) is 39.0 Å². The van der Waals surface area contributed by atoms with E-state index in [1.54, 1.807) is 24.4 Å². The molecule has 6 rings (SSSR count). The molecule has 47 heavy (non-hydrogen) atoms. The van der Waals surface area contributed by atoms with Gasteiger partial charge < -0.3 is 24.8 Å². The highest BCUT2D eigenvalue weighted by atomic mass is 16.5. The predicted molar refractivity (Wildman–Crippen MR) is 183 cm³/mol. The molecule has 4 aromatic carbocycles. The molecule has 0 radical (unpaired) electrons. The van der Waals surface area contributed by atoms with Crippen LogP contribution in [0.4, 0.5) is 16.2 Å². The van der Waals surface area contributed by atoms with Crippen LogP contribution in [0.3, 0.4) is 0 Å². The molecule has 0 saturated carbocycles. The highest BCUT2D eigenvalue weighted by Crippen LogP contribution is 2.38. The van der Waals surface area contributed by atoms with Gasteiger partial charge in [0.05, 0.1) is 37.3 Å². The summed E-state index contributed by atoms with van der Waals surface area (Å²) in [7, 11) is 1.51. The van der Waals surface area contributed by atoms with Gasteiger partial charge in [-0.25, -0.2) is 9.78 Å². The van der Waals surface area contributed by atoms with Gasteiger partial charge in [-0.3, -0.25) is 4.79 Å². The second-order valence-electron chi connectivity index (χ2n) is 12.7. The van der Waals surface area contributed by atoms with Crippen molar-refractivity contribution < 1.29 is 23.8 Å². The number of carbonyl (C=O) groups is 2. The molecule has 0 atom stereocenters. The number of carbonyl (C=O) groups excluding carboxylic acids is 2. The molecule has 9 heteroatoms. The highest BCUT2D eigenvalue weighted by Gasteiger charge is 2.28. The first kappa shape index (κ1) is 31.7. The van der Waals surface area contributed by atoms with Gasteiger partial charge in [0, 0.05) is 41.8 Å². The van der Waals surface area contributed by atoms with Gasteiger partial charge in [-0.2, -0.15) is 4.98 Å². The van der Waals surface area contributed by atoms with Crippen LogP contribution < -0.4 is 20.1 Å². The minimum absolute atomic E-state index is 0.0397. The van der Waals surface area contributed by atoms with Crippen LogP contribution in [0.1, 0.15) is 54.5 Å². The smallest absolute Gasteiger partial charge is 0.323 e. The maximum atomic E-state index is 13.5. The third-order valence-electron chi connectivity index (χ3n) is 8.12. The van der Waals surface area contributed by atoms with Crippen molar-refractivity contribution in [2.24, 2.45) is 5.92 Å². The number of benzene rings is 4. The van der Waals surface area contributed by atoms with Crippen LogP contribution in [0, 0.1) is 5.92 Å². The third-order valence-corrected chi connectivity index (χ3v) is 8.12. The predicted octanol–water partition coefficient (Wildman–Crippen LogP) is 8.18. The molecule has 1 fully saturated rings. The van der Waals surface area contributed by atoms with Crippen molar-refractivity contribution in [3.8, 4) is 17.4 Å². The lowest BCUT2D eigenvalue weighted by Crippen LogP contribution is -2.30. The van der Waals surface area contributed by atoms with Gasteiger partial charge in [0.2, 0.25) is 5.88 Å². The number of nitrogens with zero attached hydrogens (tertiary/aromatic N) is 2. The van der Waals surface area contributed by atoms with Gasteiger partial charge in [-0.05, 0) is 40.8 Å². The molecule has 1 aromatic heterocycles. The van der Waals surface area contributed by atoms with E-state index in [0.29, 0.717) is 66.2 Å². The molecule has 2 heterocycles. The standard InChI is InChI=1S/C38H38N4O5/c1-38(2,3)26-20-29(32(43)18-25-22-46-23-25)36(45-4)31(21-26)41-37(44)40-30-14-15-33(28-13-9-8-12-27(28)30)47-35-16-17-39-34(42-35)19-24-10-6-5-7-11-24/h5-17,20-21,25H,18-19,22-23H2,1-4H3,(H2,40,41,44). The van der Waals surface area contributed by atoms with Crippen molar-refractivity contribution in [2.75, 3.05) is 31.0 Å². The van der Waals surface area contributed by atoms with Crippen molar-refractivity contribution in [3.63, 3.8) is 0 Å². The Hall–Kier alpha value is -5.28. The molecule has 240 valence electrons. The number of nitrogens with one attached hydrogen (secondary N) is 2. The fourth-order valence-electron chi connectivity index (χ4n) is 5.52. The fraction of sp³-hybridized carbons (Fsp3) is 0.263. The zero-order chi connectivity index (χ0) is 33.0. The Kier molecular flexibility index (Phi) is 9.17. The highest BCUT2D eigenvalue weighted by molar-refractivity contribution is 6.09. The van der Waals surface area contributed by atoms with Crippen molar-refractivity contribution in [1.82, 2.24) is 9.97 Å². The zero-order valence-electron chi connectivity index (χ0n) is 27.0. The van der Waals surface area contributed by atoms with E-state index in [0.717, 1.165) is 21.9 Å². The Morgan fingerprint density at radius 1 is 0.894 bits per heavy atom. The molecule has 5 aromatic rings. The molecular formula is C38H38N4O5. The number of amides is 2. The van der Waals surface area contributed by atoms with Gasteiger partial charge in [-0.15, -0.1) is 0 Å². The first-order valence-electron chi connectivity index (χ1n) is 15.6. The summed E-state index contributed by atoms with van der Waals surface area (Å²) in [4.78, 5) is 35.9. The van der Waals surface area contributed by atoms with Crippen LogP contribution in [0.25, 0.3) is 10.8 Å². The quantitative estimate of drug-likeness (QED) is 0.150. The number of ether oxygens (including phenoxy) is 3. The molecule has 0 bridgehead atoms. The minimum Gasteiger partial charge on any atom is -0.494 e. The molecule has 0 aliphatic carbocycles. The first-order chi connectivity index (χ1) is 22.7. The van der Waals surface area contributed by atoms with E-state index in [1.807, 2.05) is 66.7 Å². The lowest BCUT2D eigenvalue weighted by atomic mass is 9.84. The number of rotatable bonds is 10. The van der Waals surface area contributed by atoms with E-state index in [-0.39, 0.29) is 17.1 Å². The van der Waals surface area contributed by atoms with Crippen LogP contribution >= 0.6 is 0 Å². The van der Waals surface area contributed by atoms with Crippen LogP contribution in [-0.2, 0) is 16.6 Å². The molecule has 1 saturated heterocycles. The summed E-state index contributed by atoms with van der Waals surface area (Å²) in [6.45, 7) is 7.34. The first-order valence-corrected chi connectivity index (χ1v) is 15.6. The molecule has 2 N–H and O–H groups in total. The lowest BCUT2D eigenvalue weighted by molar-refractivity contribution is -0.0322. The number of anilines is 2. The summed E-state index contributed by atoms with van der Waals surface area (Å²) in [6.07, 6.45) is 2.64. The molecule has 0 spiro atoms. The average Bonchev–Trinajstić information content (AvgIpc) is 3.03. The lowest BCUT2D eigenvalue weighted by Gasteiger charge is -2.27. The largest absolute Gasteiger partial charge is 0.494 e. The third kappa shape index (κ3) is 7.42. The van der Waals surface area contributed by atoms with Crippen LogP contribution in [0.5, 0.6) is 17.4 Å². The van der Waals surface area contributed by atoms with Crippen LogP contribution in [0.2, 0.25) is 0 Å². The van der Waals surface area contributed by atoms with Crippen molar-refractivity contribution in [1.29, 1.82) is 0 Å². The summed E-state index contributed by atoms with van der Waals surface area (Å²) >= 11 is 0. The number of urea groups is 1. The number of hydrogen-bond donors (Lipinski definition) is 2. The summed E-state index contributed by atoms with van der Waals surface area (Å²) in [5.41, 5.74) is 3.20. The van der Waals surface area contributed by atoms with E-state index in [9.17, 15) is 9.59 Å². The normalized spacial score (nSPS) is 13.1. The van der Waals surface area contributed by atoms with Crippen molar-refractivity contribution in [3.05, 3.63) is 114 Å². The van der Waals surface area contributed by atoms with Gasteiger partial charge >= 0.3 is 6.03 Å². The van der Waals surface area contributed by atoms with E-state index in [2.05, 4.69) is 41.4 Å². The number of aromatic nitrogens is 2. The molecular weight excluding hydrogens is 592 g/mol. The Bertz CT molecular complexity index is 1920. The van der Waals surface area contributed by atoms with Gasteiger partial charge in [-0.1, -0.05) is 75.4 Å². The molecule has 0 unspecified atom stereocenters. The number of Topliss-reactive ketones (excluding diaryl/α,β-unsaturated/α-hetero) is 1. The molecule has 9 nitrogen and oxygen atoms in total. The van der Waals surface area contributed by atoms with Crippen molar-refractivity contribution >= 4 is 34.0 Å². The number of fused-ring (bicyclic) bond motifs is 1. The van der Waals surface area contributed by atoms with E-state index in [4.69, 9.17) is 14.2 Å². The summed E-state index contributed by atoms with van der Waals surface area (Å²) in [5.74, 6) is 2.16. The number of ketones is 1. The number of methoxy groups -OCH3 is 1. The van der Waals surface area contributed by atoms with Gasteiger partial charge in [0.1, 0.15) is 11.6 Å². The fourth-order valence-corrected chi connectivity index (χ4v) is 5.52. The molecule has 1 aliphatic heterocycles. The Balaban J connectivity index is 1.24. The Morgan fingerprint density at radius 3 is 2.32 bits per heavy atom. The van der Waals surface area contributed by atoms with Crippen LogP contribution in [-0.4, -0.2) is 42.1 Å². The summed E-state index contributed by atoms with van der Waals surface area (Å²) in [6, 6.07) is 26.3. The second-order valence-corrected chi connectivity index (χ2v) is 12.7. The van der Waals surface area contributed by atoms with Crippen LogP contribution in [0.15, 0.2) is 91.1 Å². The summed E-state index contributed by atoms with van der Waals surface area (Å²) < 4.78 is 17.2. The Labute approximate surface area is 274 Å². The SMILES string of the molecule is COc1c(NC(=O)Nc2ccc(Oc3ccnc(Cc4ccccc4)n3)c3ccccc23)cc(C(C)(C)C)cc1C(=O)CC1COC1. The monoisotopic (exact) mass is 630 g/mol. The van der Waals surface area contributed by atoms with E-state index < -0.39 is 6.03 Å². The van der Waals surface area contributed by atoms with E-state index >= 15 is 0 Å². The Morgan fingerprint density at radius 2 is 1.62 bits per heavy atom. The second kappa shape index (κ2) is 13.6. The topological polar surface area (TPSA) is 112 Å².